The second-order valence-electron chi connectivity index (χ2n) is 10.4. The topological polar surface area (TPSA) is 111 Å². The molecule has 1 amide bonds. The third-order valence-corrected chi connectivity index (χ3v) is 7.56. The lowest BCUT2D eigenvalue weighted by molar-refractivity contribution is -0.139. The van der Waals surface area contributed by atoms with Gasteiger partial charge in [0.05, 0.1) is 36.8 Å². The van der Waals surface area contributed by atoms with Crippen molar-refractivity contribution in [1.82, 2.24) is 23.8 Å². The Kier molecular flexibility index (Phi) is 8.61. The van der Waals surface area contributed by atoms with E-state index in [9.17, 15) is 14.7 Å². The Bertz CT molecular complexity index is 1620. The molecule has 10 heteroatoms. The van der Waals surface area contributed by atoms with Crippen LogP contribution in [0.15, 0.2) is 60.8 Å². The fraction of sp³-hybridized carbons (Fsp3) is 0.375. The summed E-state index contributed by atoms with van der Waals surface area (Å²) >= 11 is 0. The van der Waals surface area contributed by atoms with Crippen molar-refractivity contribution < 1.29 is 24.2 Å². The highest BCUT2D eigenvalue weighted by Gasteiger charge is 2.46. The van der Waals surface area contributed by atoms with Crippen LogP contribution in [0, 0.1) is 13.8 Å². The number of hydrogen-bond acceptors (Lipinski definition) is 7. The number of rotatable bonds is 12. The average Bonchev–Trinajstić information content (AvgIpc) is 3.68. The van der Waals surface area contributed by atoms with E-state index in [1.807, 2.05) is 60.3 Å². The van der Waals surface area contributed by atoms with Crippen LogP contribution in [0.3, 0.4) is 0 Å². The van der Waals surface area contributed by atoms with Gasteiger partial charge in [0.25, 0.3) is 11.7 Å². The van der Waals surface area contributed by atoms with Crippen LogP contribution in [0.1, 0.15) is 61.7 Å². The van der Waals surface area contributed by atoms with Gasteiger partial charge in [-0.25, -0.2) is 9.97 Å². The zero-order chi connectivity index (χ0) is 29.8. The Labute approximate surface area is 245 Å². The van der Waals surface area contributed by atoms with E-state index >= 15 is 0 Å². The second kappa shape index (κ2) is 12.5. The molecule has 0 spiro atoms. The van der Waals surface area contributed by atoms with E-state index in [4.69, 9.17) is 9.47 Å². The molecule has 1 aromatic carbocycles. The summed E-state index contributed by atoms with van der Waals surface area (Å²) in [5, 5.41) is 11.7. The van der Waals surface area contributed by atoms with Gasteiger partial charge in [0.1, 0.15) is 11.3 Å². The van der Waals surface area contributed by atoms with E-state index in [1.165, 1.54) is 4.90 Å². The molecule has 0 radical (unpaired) electrons. The lowest BCUT2D eigenvalue weighted by Gasteiger charge is -2.26. The molecule has 0 aliphatic carbocycles. The number of ether oxygens (including phenoxy) is 2. The normalized spacial score (nSPS) is 16.5. The number of imidazole rings is 2. The summed E-state index contributed by atoms with van der Waals surface area (Å²) in [6.07, 6.45) is 9.61. The van der Waals surface area contributed by atoms with Gasteiger partial charge in [-0.1, -0.05) is 25.5 Å². The van der Waals surface area contributed by atoms with Crippen molar-refractivity contribution in [3.63, 3.8) is 0 Å². The Morgan fingerprint density at radius 3 is 2.57 bits per heavy atom. The highest BCUT2D eigenvalue weighted by Crippen LogP contribution is 2.42. The number of aliphatic hydroxyl groups excluding tert-OH is 1. The average molecular weight is 572 g/mol. The highest BCUT2D eigenvalue weighted by molar-refractivity contribution is 6.46. The van der Waals surface area contributed by atoms with Crippen LogP contribution in [-0.4, -0.2) is 60.4 Å². The molecule has 1 fully saturated rings. The molecule has 4 aromatic rings. The Hall–Kier alpha value is -4.60. The molecule has 4 heterocycles. The highest BCUT2D eigenvalue weighted by atomic mass is 16.5. The number of amides is 1. The maximum Gasteiger partial charge on any atom is 0.295 e. The number of Topliss-reactive ketones (excluding diaryl/α,β-unsaturated/α-hetero) is 1. The van der Waals surface area contributed by atoms with Gasteiger partial charge in [-0.3, -0.25) is 9.59 Å². The predicted octanol–water partition coefficient (Wildman–Crippen LogP) is 5.24. The van der Waals surface area contributed by atoms with Gasteiger partial charge < -0.3 is 28.4 Å². The number of benzene rings is 1. The van der Waals surface area contributed by atoms with Crippen LogP contribution < -0.4 is 9.47 Å². The van der Waals surface area contributed by atoms with Gasteiger partial charge in [0, 0.05) is 31.7 Å². The number of unbranched alkanes of at least 4 members (excludes halogenated alkanes) is 1. The predicted molar refractivity (Wildman–Crippen MR) is 159 cm³/mol. The van der Waals surface area contributed by atoms with Crippen molar-refractivity contribution >= 4 is 23.1 Å². The first-order valence-corrected chi connectivity index (χ1v) is 14.4. The number of carbonyl (C=O) groups is 2. The van der Waals surface area contributed by atoms with E-state index < -0.39 is 17.7 Å². The zero-order valence-corrected chi connectivity index (χ0v) is 24.5. The van der Waals surface area contributed by atoms with E-state index in [0.717, 1.165) is 18.4 Å². The molecular weight excluding hydrogens is 534 g/mol. The van der Waals surface area contributed by atoms with Gasteiger partial charge in [-0.2, -0.15) is 0 Å². The van der Waals surface area contributed by atoms with Crippen LogP contribution in [0.25, 0.3) is 11.4 Å². The molecule has 5 rings (SSSR count). The third-order valence-electron chi connectivity index (χ3n) is 7.56. The molecule has 1 N–H and O–H groups in total. The maximum atomic E-state index is 13.6. The molecule has 1 aliphatic rings. The molecule has 0 saturated carbocycles. The van der Waals surface area contributed by atoms with Crippen LogP contribution in [0.2, 0.25) is 0 Å². The molecule has 1 atom stereocenters. The van der Waals surface area contributed by atoms with Gasteiger partial charge in [-0.05, 0) is 62.9 Å². The van der Waals surface area contributed by atoms with Crippen molar-refractivity contribution in [3.05, 3.63) is 83.3 Å². The fourth-order valence-electron chi connectivity index (χ4n) is 5.38. The number of aliphatic hydroxyl groups is 1. The number of hydrogen-bond donors (Lipinski definition) is 1. The number of likely N-dealkylation sites (tertiary alicyclic amines) is 1. The molecule has 1 saturated heterocycles. The van der Waals surface area contributed by atoms with Gasteiger partial charge in [0.2, 0.25) is 0 Å². The first-order valence-electron chi connectivity index (χ1n) is 14.4. The number of aryl methyl sites for hydroxylation is 3. The third kappa shape index (κ3) is 5.48. The summed E-state index contributed by atoms with van der Waals surface area (Å²) in [4.78, 5) is 37.5. The van der Waals surface area contributed by atoms with Crippen LogP contribution in [0.4, 0.5) is 0 Å². The maximum absolute atomic E-state index is 13.6. The van der Waals surface area contributed by atoms with E-state index in [-0.39, 0.29) is 17.0 Å². The summed E-state index contributed by atoms with van der Waals surface area (Å²) in [5.74, 6) is -0.578. The monoisotopic (exact) mass is 571 g/mol. The summed E-state index contributed by atoms with van der Waals surface area (Å²) in [6.45, 7) is 9.63. The van der Waals surface area contributed by atoms with Crippen LogP contribution in [0.5, 0.6) is 11.5 Å². The number of nitrogens with zero attached hydrogens (tertiary/aromatic N) is 5. The van der Waals surface area contributed by atoms with Gasteiger partial charge >= 0.3 is 0 Å². The molecule has 0 bridgehead atoms. The van der Waals surface area contributed by atoms with Crippen molar-refractivity contribution in [3.8, 4) is 11.5 Å². The van der Waals surface area contributed by atoms with Crippen molar-refractivity contribution in [2.24, 2.45) is 0 Å². The first-order chi connectivity index (χ1) is 20.3. The first kappa shape index (κ1) is 28.9. The van der Waals surface area contributed by atoms with Crippen LogP contribution >= 0.6 is 0 Å². The lowest BCUT2D eigenvalue weighted by atomic mass is 9.96. The van der Waals surface area contributed by atoms with Crippen molar-refractivity contribution in [2.75, 3.05) is 19.8 Å². The molecule has 42 heavy (non-hydrogen) atoms. The van der Waals surface area contributed by atoms with Crippen molar-refractivity contribution in [1.29, 1.82) is 0 Å². The van der Waals surface area contributed by atoms with E-state index in [1.54, 1.807) is 24.7 Å². The van der Waals surface area contributed by atoms with Crippen molar-refractivity contribution in [2.45, 2.75) is 59.5 Å². The number of carbonyl (C=O) groups excluding carboxylic acids is 2. The standard InChI is InChI=1S/C32H37N5O5/c1-5-7-18-42-24-12-11-23(19-25(24)41-6-2)28-26(29(38)27-22(4)36-15-8-10-21(3)31(36)34-27)30(39)32(40)37(28)16-9-14-35-17-13-33-20-35/h8,10-13,15,17,19-20,28,38H,5-7,9,14,16,18H2,1-4H3. The SMILES string of the molecule is CCCCOc1ccc(C2C(=C(O)c3nc4c(C)cccn4c3C)C(=O)C(=O)N2CCCn2ccnc2)cc1OCC. The second-order valence-corrected chi connectivity index (χ2v) is 10.4. The fourth-order valence-corrected chi connectivity index (χ4v) is 5.38. The van der Waals surface area contributed by atoms with Crippen LogP contribution in [-0.2, 0) is 16.1 Å². The Morgan fingerprint density at radius 2 is 1.86 bits per heavy atom. The number of pyridine rings is 1. The largest absolute Gasteiger partial charge is 0.505 e. The molecule has 1 unspecified atom stereocenters. The molecule has 1 aliphatic heterocycles. The minimum atomic E-state index is -0.831. The molecule has 3 aromatic heterocycles. The Balaban J connectivity index is 1.60. The summed E-state index contributed by atoms with van der Waals surface area (Å²) in [7, 11) is 0. The smallest absolute Gasteiger partial charge is 0.295 e. The zero-order valence-electron chi connectivity index (χ0n) is 24.5. The summed E-state index contributed by atoms with van der Waals surface area (Å²) in [5.41, 5.74) is 3.20. The molecule has 220 valence electrons. The van der Waals surface area contributed by atoms with E-state index in [2.05, 4.69) is 16.9 Å². The number of aromatic nitrogens is 4. The number of ketones is 1. The molecular formula is C32H37N5O5. The summed E-state index contributed by atoms with van der Waals surface area (Å²) in [6, 6.07) is 8.45. The molecule has 10 nitrogen and oxygen atoms in total. The van der Waals surface area contributed by atoms with E-state index in [0.29, 0.717) is 61.1 Å². The lowest BCUT2D eigenvalue weighted by Crippen LogP contribution is -2.31. The quantitative estimate of drug-likeness (QED) is 0.107. The summed E-state index contributed by atoms with van der Waals surface area (Å²) < 4.78 is 15.7. The Morgan fingerprint density at radius 1 is 1.02 bits per heavy atom. The minimum absolute atomic E-state index is 0.00823. The van der Waals surface area contributed by atoms with Gasteiger partial charge in [-0.15, -0.1) is 0 Å². The minimum Gasteiger partial charge on any atom is -0.505 e. The van der Waals surface area contributed by atoms with Gasteiger partial charge in [0.15, 0.2) is 17.3 Å². The number of fused-ring (bicyclic) bond motifs is 1.